The molecule has 164 valence electrons. The lowest BCUT2D eigenvalue weighted by molar-refractivity contribution is -0.166. The molecule has 0 amide bonds. The van der Waals surface area contributed by atoms with Gasteiger partial charge in [-0.3, -0.25) is 14.4 Å². The van der Waals surface area contributed by atoms with Crippen LogP contribution in [0.1, 0.15) is 74.0 Å². The minimum Gasteiger partial charge on any atom is -0.465 e. The van der Waals surface area contributed by atoms with Gasteiger partial charge in [-0.2, -0.15) is 0 Å². The van der Waals surface area contributed by atoms with Crippen molar-refractivity contribution in [1.29, 1.82) is 0 Å². The zero-order valence-corrected chi connectivity index (χ0v) is 18.9. The van der Waals surface area contributed by atoms with Crippen molar-refractivity contribution in [2.75, 3.05) is 13.2 Å². The first kappa shape index (κ1) is 22.7. The fourth-order valence-corrected chi connectivity index (χ4v) is 4.37. The molecule has 5 heteroatoms. The SMILES string of the molecule is CCOC(=O)C1(C(=O)OCC)c2ccccc2C(=O)CC1c1ccc(C(C)(C)C)cc1. The Labute approximate surface area is 183 Å². The van der Waals surface area contributed by atoms with Gasteiger partial charge in [0.15, 0.2) is 11.2 Å². The molecule has 1 aliphatic rings. The lowest BCUT2D eigenvalue weighted by Gasteiger charge is -2.40. The van der Waals surface area contributed by atoms with E-state index in [2.05, 4.69) is 20.8 Å². The molecular formula is C26H30O5. The summed E-state index contributed by atoms with van der Waals surface area (Å²) in [6.45, 7) is 9.98. The van der Waals surface area contributed by atoms with E-state index < -0.39 is 23.3 Å². The summed E-state index contributed by atoms with van der Waals surface area (Å²) in [6.07, 6.45) is 0.0174. The van der Waals surface area contributed by atoms with Crippen molar-refractivity contribution in [3.8, 4) is 0 Å². The molecule has 3 rings (SSSR count). The van der Waals surface area contributed by atoms with Crippen LogP contribution < -0.4 is 0 Å². The van der Waals surface area contributed by atoms with E-state index in [1.165, 1.54) is 0 Å². The van der Waals surface area contributed by atoms with Crippen LogP contribution >= 0.6 is 0 Å². The molecule has 0 N–H and O–H groups in total. The summed E-state index contributed by atoms with van der Waals surface area (Å²) in [4.78, 5) is 40.0. The van der Waals surface area contributed by atoms with E-state index in [0.717, 1.165) is 11.1 Å². The van der Waals surface area contributed by atoms with Crippen LogP contribution in [0.25, 0.3) is 0 Å². The molecule has 0 radical (unpaired) electrons. The highest BCUT2D eigenvalue weighted by Crippen LogP contribution is 2.49. The standard InChI is InChI=1S/C26H30O5/c1-6-30-23(28)26(24(29)31-7-2)20-11-9-8-10-19(20)22(27)16-21(26)17-12-14-18(15-13-17)25(3,4)5/h8-15,21H,6-7,16H2,1-5H3. The number of esters is 2. The number of ether oxygens (including phenoxy) is 2. The van der Waals surface area contributed by atoms with Gasteiger partial charge >= 0.3 is 11.9 Å². The van der Waals surface area contributed by atoms with Gasteiger partial charge in [0.2, 0.25) is 0 Å². The van der Waals surface area contributed by atoms with Gasteiger partial charge in [-0.1, -0.05) is 69.3 Å². The number of benzene rings is 2. The first-order valence-electron chi connectivity index (χ1n) is 10.8. The second kappa shape index (κ2) is 8.66. The molecule has 31 heavy (non-hydrogen) atoms. The number of Topliss-reactive ketones (excluding diaryl/α,β-unsaturated/α-hetero) is 1. The van der Waals surface area contributed by atoms with Gasteiger partial charge in [0.05, 0.1) is 13.2 Å². The van der Waals surface area contributed by atoms with Crippen LogP contribution in [-0.2, 0) is 29.9 Å². The van der Waals surface area contributed by atoms with Gasteiger partial charge in [0, 0.05) is 17.9 Å². The lowest BCUT2D eigenvalue weighted by atomic mass is 9.60. The van der Waals surface area contributed by atoms with Crippen LogP contribution in [0.3, 0.4) is 0 Å². The maximum Gasteiger partial charge on any atom is 0.328 e. The second-order valence-corrected chi connectivity index (χ2v) is 8.85. The van der Waals surface area contributed by atoms with Crippen molar-refractivity contribution in [3.63, 3.8) is 0 Å². The third-order valence-electron chi connectivity index (χ3n) is 5.94. The highest BCUT2D eigenvalue weighted by atomic mass is 16.6. The molecule has 0 aromatic heterocycles. The number of ketones is 1. The maximum atomic E-state index is 13.5. The van der Waals surface area contributed by atoms with Crippen LogP contribution in [0.15, 0.2) is 48.5 Å². The second-order valence-electron chi connectivity index (χ2n) is 8.85. The Kier molecular flexibility index (Phi) is 6.35. The average molecular weight is 423 g/mol. The molecule has 1 atom stereocenters. The van der Waals surface area contributed by atoms with Crippen molar-refractivity contribution < 1.29 is 23.9 Å². The zero-order valence-electron chi connectivity index (χ0n) is 18.9. The maximum absolute atomic E-state index is 13.5. The summed E-state index contributed by atoms with van der Waals surface area (Å²) in [6, 6.07) is 14.6. The normalized spacial score (nSPS) is 17.6. The topological polar surface area (TPSA) is 69.7 Å². The van der Waals surface area contributed by atoms with Crippen LogP contribution in [0, 0.1) is 0 Å². The van der Waals surface area contributed by atoms with Gasteiger partial charge < -0.3 is 9.47 Å². The first-order valence-corrected chi connectivity index (χ1v) is 10.8. The lowest BCUT2D eigenvalue weighted by Crippen LogP contribution is -2.54. The highest BCUT2D eigenvalue weighted by Gasteiger charge is 2.60. The molecule has 0 bridgehead atoms. The van der Waals surface area contributed by atoms with E-state index in [1.807, 2.05) is 24.3 Å². The van der Waals surface area contributed by atoms with Gasteiger partial charge in [0.25, 0.3) is 0 Å². The Morgan fingerprint density at radius 1 is 0.935 bits per heavy atom. The van der Waals surface area contributed by atoms with Crippen LogP contribution in [-0.4, -0.2) is 30.9 Å². The summed E-state index contributed by atoms with van der Waals surface area (Å²) >= 11 is 0. The number of fused-ring (bicyclic) bond motifs is 1. The Balaban J connectivity index is 2.28. The number of hydrogen-bond donors (Lipinski definition) is 0. The number of carbonyl (C=O) groups excluding carboxylic acids is 3. The third kappa shape index (κ3) is 3.89. The van der Waals surface area contributed by atoms with E-state index in [-0.39, 0.29) is 30.8 Å². The molecule has 2 aromatic rings. The molecular weight excluding hydrogens is 392 g/mol. The van der Waals surface area contributed by atoms with Gasteiger partial charge in [-0.05, 0) is 36.0 Å². The molecule has 0 saturated carbocycles. The Morgan fingerprint density at radius 3 is 2.00 bits per heavy atom. The van der Waals surface area contributed by atoms with Crippen molar-refractivity contribution in [1.82, 2.24) is 0 Å². The van der Waals surface area contributed by atoms with E-state index in [0.29, 0.717) is 11.1 Å². The Bertz CT molecular complexity index is 964. The minimum atomic E-state index is -1.74. The zero-order chi connectivity index (χ0) is 22.8. The molecule has 5 nitrogen and oxygen atoms in total. The van der Waals surface area contributed by atoms with Gasteiger partial charge in [0.1, 0.15) is 0 Å². The molecule has 0 aliphatic heterocycles. The molecule has 0 spiro atoms. The number of rotatable bonds is 5. The largest absolute Gasteiger partial charge is 0.465 e. The summed E-state index contributed by atoms with van der Waals surface area (Å²) in [7, 11) is 0. The van der Waals surface area contributed by atoms with Crippen LogP contribution in [0.5, 0.6) is 0 Å². The quantitative estimate of drug-likeness (QED) is 0.515. The van der Waals surface area contributed by atoms with Crippen molar-refractivity contribution in [2.24, 2.45) is 0 Å². The molecule has 1 aliphatic carbocycles. The predicted molar refractivity (Wildman–Crippen MR) is 118 cm³/mol. The number of carbonyl (C=O) groups is 3. The summed E-state index contributed by atoms with van der Waals surface area (Å²) < 4.78 is 10.8. The fraction of sp³-hybridized carbons (Fsp3) is 0.423. The van der Waals surface area contributed by atoms with E-state index in [9.17, 15) is 14.4 Å². The van der Waals surface area contributed by atoms with Crippen molar-refractivity contribution in [3.05, 3.63) is 70.8 Å². The van der Waals surface area contributed by atoms with Crippen LogP contribution in [0.2, 0.25) is 0 Å². The van der Waals surface area contributed by atoms with Gasteiger partial charge in [-0.15, -0.1) is 0 Å². The number of hydrogen-bond acceptors (Lipinski definition) is 5. The monoisotopic (exact) mass is 422 g/mol. The first-order chi connectivity index (χ1) is 14.7. The van der Waals surface area contributed by atoms with Crippen molar-refractivity contribution >= 4 is 17.7 Å². The molecule has 1 unspecified atom stereocenters. The molecule has 0 saturated heterocycles. The van der Waals surface area contributed by atoms with E-state index in [4.69, 9.17) is 9.47 Å². The van der Waals surface area contributed by atoms with Crippen LogP contribution in [0.4, 0.5) is 0 Å². The summed E-state index contributed by atoms with van der Waals surface area (Å²) in [5.74, 6) is -2.19. The van der Waals surface area contributed by atoms with E-state index >= 15 is 0 Å². The summed E-state index contributed by atoms with van der Waals surface area (Å²) in [5, 5.41) is 0. The fourth-order valence-electron chi connectivity index (χ4n) is 4.37. The minimum absolute atomic E-state index is 0.0174. The van der Waals surface area contributed by atoms with Gasteiger partial charge in [-0.25, -0.2) is 0 Å². The Morgan fingerprint density at radius 2 is 1.48 bits per heavy atom. The molecule has 0 heterocycles. The summed E-state index contributed by atoms with van der Waals surface area (Å²) in [5.41, 5.74) is 0.792. The van der Waals surface area contributed by atoms with E-state index in [1.54, 1.807) is 38.1 Å². The molecule has 2 aromatic carbocycles. The highest BCUT2D eigenvalue weighted by molar-refractivity contribution is 6.14. The Hall–Kier alpha value is -2.95. The van der Waals surface area contributed by atoms with Crippen molar-refractivity contribution in [2.45, 2.75) is 57.8 Å². The average Bonchev–Trinajstić information content (AvgIpc) is 2.73. The third-order valence-corrected chi connectivity index (χ3v) is 5.94. The smallest absolute Gasteiger partial charge is 0.328 e. The molecule has 0 fully saturated rings. The predicted octanol–water partition coefficient (Wildman–Crippen LogP) is 4.72.